The number of aromatic nitrogens is 2. The summed E-state index contributed by atoms with van der Waals surface area (Å²) in [6, 6.07) is -0.997. The van der Waals surface area contributed by atoms with E-state index in [4.69, 9.17) is 10.8 Å². The number of rotatable bonds is 7. The topological polar surface area (TPSA) is 118 Å². The number of hydrogen-bond acceptors (Lipinski definition) is 6. The number of carbonyl (C=O) groups is 2. The van der Waals surface area contributed by atoms with Gasteiger partial charge in [-0.05, 0) is 6.26 Å². The van der Waals surface area contributed by atoms with Crippen molar-refractivity contribution >= 4 is 23.6 Å². The van der Waals surface area contributed by atoms with Gasteiger partial charge in [0.05, 0.1) is 6.42 Å². The Morgan fingerprint density at radius 2 is 2.11 bits per heavy atom. The second-order valence-corrected chi connectivity index (χ2v) is 4.29. The van der Waals surface area contributed by atoms with Crippen LogP contribution in [0.4, 0.5) is 0 Å². The van der Waals surface area contributed by atoms with E-state index in [1.165, 1.54) is 11.8 Å². The fourth-order valence-corrected chi connectivity index (χ4v) is 1.54. The Balaban J connectivity index is 2.55. The maximum Gasteiger partial charge on any atom is 0.321 e. The Morgan fingerprint density at radius 1 is 1.50 bits per heavy atom. The number of carboxylic acids is 1. The molecule has 0 aliphatic rings. The van der Waals surface area contributed by atoms with Crippen molar-refractivity contribution in [2.45, 2.75) is 24.2 Å². The first-order valence-electron chi connectivity index (χ1n) is 5.12. The molecule has 1 heterocycles. The van der Waals surface area contributed by atoms with Crippen LogP contribution in [0.5, 0.6) is 0 Å². The molecule has 0 saturated heterocycles. The number of thioether (sulfide) groups is 1. The van der Waals surface area contributed by atoms with E-state index >= 15 is 0 Å². The molecule has 98 valence electrons. The molecule has 0 unspecified atom stereocenters. The molecule has 1 aromatic heterocycles. The van der Waals surface area contributed by atoms with Gasteiger partial charge in [0.15, 0.2) is 5.16 Å². The number of amides is 1. The quantitative estimate of drug-likeness (QED) is 0.456. The second kappa shape index (κ2) is 6.92. The molecule has 4 N–H and O–H groups in total. The van der Waals surface area contributed by atoms with Crippen LogP contribution in [-0.2, 0) is 16.1 Å². The van der Waals surface area contributed by atoms with Crippen LogP contribution >= 0.6 is 11.8 Å². The number of nitrogens with two attached hydrogens (primary N) is 1. The van der Waals surface area contributed by atoms with Crippen LogP contribution in [-0.4, -0.2) is 39.2 Å². The van der Waals surface area contributed by atoms with Crippen LogP contribution < -0.4 is 11.1 Å². The van der Waals surface area contributed by atoms with Gasteiger partial charge in [-0.1, -0.05) is 11.8 Å². The standard InChI is InChI=1S/C10H14N4O3S/c1-18-10-13-4-6(5-14-10)3-12-7(9(16)17)2-8(11)15/h4-5,7,12H,2-3H2,1H3,(H2,11,15)(H,16,17)/t7-/m0/s1. The Bertz CT molecular complexity index is 424. The highest BCUT2D eigenvalue weighted by atomic mass is 32.2. The number of carbonyl (C=O) groups excluding carboxylic acids is 1. The molecule has 0 fully saturated rings. The van der Waals surface area contributed by atoms with Gasteiger partial charge in [0.2, 0.25) is 5.91 Å². The van der Waals surface area contributed by atoms with Crippen molar-refractivity contribution in [3.8, 4) is 0 Å². The average molecular weight is 270 g/mol. The molecule has 1 amide bonds. The lowest BCUT2D eigenvalue weighted by atomic mass is 10.2. The minimum absolute atomic E-state index is 0.251. The molecule has 18 heavy (non-hydrogen) atoms. The minimum atomic E-state index is -1.12. The number of hydrogen-bond donors (Lipinski definition) is 3. The molecule has 0 radical (unpaired) electrons. The zero-order valence-electron chi connectivity index (χ0n) is 9.79. The van der Waals surface area contributed by atoms with Crippen LogP contribution in [0, 0.1) is 0 Å². The van der Waals surface area contributed by atoms with Gasteiger partial charge in [0.25, 0.3) is 0 Å². The summed E-state index contributed by atoms with van der Waals surface area (Å²) in [5.41, 5.74) is 5.71. The molecule has 0 aromatic carbocycles. The Morgan fingerprint density at radius 3 is 2.56 bits per heavy atom. The molecule has 1 aromatic rings. The Kier molecular flexibility index (Phi) is 5.53. The maximum atomic E-state index is 10.9. The molecular weight excluding hydrogens is 256 g/mol. The first-order valence-corrected chi connectivity index (χ1v) is 6.34. The van der Waals surface area contributed by atoms with Crippen molar-refractivity contribution in [2.75, 3.05) is 6.26 Å². The molecule has 0 saturated carbocycles. The van der Waals surface area contributed by atoms with Gasteiger partial charge in [-0.25, -0.2) is 9.97 Å². The highest BCUT2D eigenvalue weighted by molar-refractivity contribution is 7.98. The van der Waals surface area contributed by atoms with E-state index in [0.29, 0.717) is 5.16 Å². The van der Waals surface area contributed by atoms with Crippen molar-refractivity contribution in [2.24, 2.45) is 5.73 Å². The monoisotopic (exact) mass is 270 g/mol. The zero-order valence-corrected chi connectivity index (χ0v) is 10.6. The lowest BCUT2D eigenvalue weighted by molar-refractivity contribution is -0.141. The van der Waals surface area contributed by atoms with E-state index in [1.54, 1.807) is 12.4 Å². The molecule has 7 nitrogen and oxygen atoms in total. The van der Waals surface area contributed by atoms with E-state index in [9.17, 15) is 9.59 Å². The summed E-state index contributed by atoms with van der Waals surface area (Å²) in [6.07, 6.45) is 4.82. The third kappa shape index (κ3) is 4.68. The van der Waals surface area contributed by atoms with Gasteiger partial charge in [0.1, 0.15) is 6.04 Å². The third-order valence-corrected chi connectivity index (χ3v) is 2.70. The fourth-order valence-electron chi connectivity index (χ4n) is 1.23. The van der Waals surface area contributed by atoms with Gasteiger partial charge in [-0.3, -0.25) is 14.9 Å². The van der Waals surface area contributed by atoms with Crippen LogP contribution in [0.1, 0.15) is 12.0 Å². The average Bonchev–Trinajstić information content (AvgIpc) is 2.34. The SMILES string of the molecule is CSc1ncc(CN[C@@H](CC(N)=O)C(=O)O)cn1. The molecule has 1 atom stereocenters. The fraction of sp³-hybridized carbons (Fsp3) is 0.400. The summed E-state index contributed by atoms with van der Waals surface area (Å²) >= 11 is 1.42. The summed E-state index contributed by atoms with van der Waals surface area (Å²) in [5.74, 6) is -1.78. The van der Waals surface area contributed by atoms with Crippen LogP contribution in [0.3, 0.4) is 0 Å². The van der Waals surface area contributed by atoms with E-state index in [1.807, 2.05) is 6.26 Å². The van der Waals surface area contributed by atoms with E-state index in [-0.39, 0.29) is 13.0 Å². The lowest BCUT2D eigenvalue weighted by Gasteiger charge is -2.12. The summed E-state index contributed by atoms with van der Waals surface area (Å²) in [4.78, 5) is 29.7. The second-order valence-electron chi connectivity index (χ2n) is 3.52. The largest absolute Gasteiger partial charge is 0.480 e. The summed E-state index contributed by atoms with van der Waals surface area (Å²) in [6.45, 7) is 0.263. The van der Waals surface area contributed by atoms with Crippen molar-refractivity contribution in [3.63, 3.8) is 0 Å². The number of carboxylic acid groups (broad SMARTS) is 1. The van der Waals surface area contributed by atoms with Gasteiger partial charge >= 0.3 is 5.97 Å². The zero-order chi connectivity index (χ0) is 13.5. The van der Waals surface area contributed by atoms with Gasteiger partial charge < -0.3 is 10.8 Å². The third-order valence-electron chi connectivity index (χ3n) is 2.12. The lowest BCUT2D eigenvalue weighted by Crippen LogP contribution is -2.39. The molecule has 8 heteroatoms. The number of aliphatic carboxylic acids is 1. The molecule has 0 aliphatic carbocycles. The van der Waals surface area contributed by atoms with E-state index in [0.717, 1.165) is 5.56 Å². The molecule has 0 aliphatic heterocycles. The van der Waals surface area contributed by atoms with Gasteiger partial charge in [-0.15, -0.1) is 0 Å². The van der Waals surface area contributed by atoms with Crippen molar-refractivity contribution in [3.05, 3.63) is 18.0 Å². The summed E-state index contributed by atoms with van der Waals surface area (Å²) < 4.78 is 0. The van der Waals surface area contributed by atoms with Gasteiger partial charge in [0, 0.05) is 24.5 Å². The van der Waals surface area contributed by atoms with E-state index in [2.05, 4.69) is 15.3 Å². The number of primary amides is 1. The minimum Gasteiger partial charge on any atom is -0.480 e. The molecule has 0 bridgehead atoms. The van der Waals surface area contributed by atoms with Gasteiger partial charge in [-0.2, -0.15) is 0 Å². The number of nitrogens with zero attached hydrogens (tertiary/aromatic N) is 2. The van der Waals surface area contributed by atoms with Crippen LogP contribution in [0.15, 0.2) is 17.6 Å². The van der Waals surface area contributed by atoms with Crippen molar-refractivity contribution in [1.82, 2.24) is 15.3 Å². The van der Waals surface area contributed by atoms with Crippen molar-refractivity contribution < 1.29 is 14.7 Å². The molecule has 1 rings (SSSR count). The highest BCUT2D eigenvalue weighted by Gasteiger charge is 2.19. The Labute approximate surface area is 108 Å². The first-order chi connectivity index (χ1) is 8.52. The highest BCUT2D eigenvalue weighted by Crippen LogP contribution is 2.07. The predicted molar refractivity (Wildman–Crippen MR) is 65.9 cm³/mol. The molecule has 0 spiro atoms. The van der Waals surface area contributed by atoms with E-state index < -0.39 is 17.9 Å². The maximum absolute atomic E-state index is 10.9. The summed E-state index contributed by atoms with van der Waals surface area (Å²) in [5, 5.41) is 12.2. The van der Waals surface area contributed by atoms with Crippen LogP contribution in [0.2, 0.25) is 0 Å². The van der Waals surface area contributed by atoms with Crippen molar-refractivity contribution in [1.29, 1.82) is 0 Å². The summed E-state index contributed by atoms with van der Waals surface area (Å²) in [7, 11) is 0. The Hall–Kier alpha value is -1.67. The number of nitrogens with one attached hydrogen (secondary N) is 1. The molecular formula is C10H14N4O3S. The smallest absolute Gasteiger partial charge is 0.321 e. The normalized spacial score (nSPS) is 12.1. The first kappa shape index (κ1) is 14.4. The van der Waals surface area contributed by atoms with Crippen LogP contribution in [0.25, 0.3) is 0 Å². The predicted octanol–water partition coefficient (Wildman–Crippen LogP) is -0.383.